The number of carboxylic acid groups (broad SMARTS) is 1. The monoisotopic (exact) mass is 263 g/mol. The third-order valence-electron chi connectivity index (χ3n) is 2.64. The van der Waals surface area contributed by atoms with Crippen LogP contribution in [-0.2, 0) is 4.79 Å². The Hall–Kier alpha value is -2.51. The molecule has 0 aliphatic rings. The molecule has 8 nitrogen and oxygen atoms in total. The number of carboxylic acids is 1. The van der Waals surface area contributed by atoms with Crippen molar-refractivity contribution in [3.05, 3.63) is 23.8 Å². The SMILES string of the molecule is Cc1c(C(=O)NCCCC(=O)O)cnc2ncnn12. The van der Waals surface area contributed by atoms with Gasteiger partial charge in [0, 0.05) is 19.2 Å². The van der Waals surface area contributed by atoms with Crippen LogP contribution < -0.4 is 5.32 Å². The van der Waals surface area contributed by atoms with Crippen LogP contribution in [0.15, 0.2) is 12.5 Å². The van der Waals surface area contributed by atoms with E-state index in [4.69, 9.17) is 5.11 Å². The molecule has 0 aliphatic heterocycles. The van der Waals surface area contributed by atoms with Gasteiger partial charge < -0.3 is 10.4 Å². The van der Waals surface area contributed by atoms with Crippen molar-refractivity contribution in [2.24, 2.45) is 0 Å². The number of fused-ring (bicyclic) bond motifs is 1. The second-order valence-electron chi connectivity index (χ2n) is 3.98. The molecular weight excluding hydrogens is 250 g/mol. The molecule has 1 amide bonds. The molecule has 2 aromatic heterocycles. The zero-order valence-corrected chi connectivity index (χ0v) is 10.3. The number of hydrogen-bond acceptors (Lipinski definition) is 5. The molecule has 0 aliphatic carbocycles. The number of aryl methyl sites for hydroxylation is 1. The summed E-state index contributed by atoms with van der Waals surface area (Å²) in [7, 11) is 0. The summed E-state index contributed by atoms with van der Waals surface area (Å²) in [6.07, 6.45) is 3.22. The second-order valence-corrected chi connectivity index (χ2v) is 3.98. The number of hydrogen-bond donors (Lipinski definition) is 2. The molecule has 8 heteroatoms. The highest BCUT2D eigenvalue weighted by atomic mass is 16.4. The second kappa shape index (κ2) is 5.42. The number of aliphatic carboxylic acids is 1. The maximum atomic E-state index is 11.9. The minimum Gasteiger partial charge on any atom is -0.481 e. The third kappa shape index (κ3) is 2.84. The third-order valence-corrected chi connectivity index (χ3v) is 2.64. The number of nitrogens with one attached hydrogen (secondary N) is 1. The highest BCUT2D eigenvalue weighted by Crippen LogP contribution is 2.07. The van der Waals surface area contributed by atoms with Crippen LogP contribution in [0, 0.1) is 6.92 Å². The molecule has 0 radical (unpaired) electrons. The molecule has 0 aromatic carbocycles. The topological polar surface area (TPSA) is 109 Å². The predicted molar refractivity (Wildman–Crippen MR) is 64.7 cm³/mol. The fraction of sp³-hybridized carbons (Fsp3) is 0.364. The molecule has 2 N–H and O–H groups in total. The van der Waals surface area contributed by atoms with Crippen molar-refractivity contribution in [1.82, 2.24) is 24.9 Å². The zero-order valence-electron chi connectivity index (χ0n) is 10.3. The highest BCUT2D eigenvalue weighted by Gasteiger charge is 2.13. The molecule has 2 heterocycles. The van der Waals surface area contributed by atoms with Gasteiger partial charge >= 0.3 is 5.97 Å². The Morgan fingerprint density at radius 1 is 1.42 bits per heavy atom. The van der Waals surface area contributed by atoms with Crippen molar-refractivity contribution in [2.45, 2.75) is 19.8 Å². The number of carbonyl (C=O) groups excluding carboxylic acids is 1. The molecular formula is C11H13N5O3. The van der Waals surface area contributed by atoms with Crippen LogP contribution in [-0.4, -0.2) is 43.1 Å². The van der Waals surface area contributed by atoms with Gasteiger partial charge in [0.2, 0.25) is 0 Å². The first-order valence-corrected chi connectivity index (χ1v) is 5.75. The molecule has 0 saturated heterocycles. The highest BCUT2D eigenvalue weighted by molar-refractivity contribution is 5.95. The van der Waals surface area contributed by atoms with Gasteiger partial charge in [-0.3, -0.25) is 9.59 Å². The van der Waals surface area contributed by atoms with Crippen LogP contribution >= 0.6 is 0 Å². The van der Waals surface area contributed by atoms with Crippen LogP contribution in [0.5, 0.6) is 0 Å². The van der Waals surface area contributed by atoms with Gasteiger partial charge in [0.05, 0.1) is 11.3 Å². The lowest BCUT2D eigenvalue weighted by molar-refractivity contribution is -0.137. The molecule has 0 unspecified atom stereocenters. The molecule has 0 fully saturated rings. The molecule has 0 spiro atoms. The van der Waals surface area contributed by atoms with Crippen LogP contribution in [0.4, 0.5) is 0 Å². The molecule has 2 rings (SSSR count). The van der Waals surface area contributed by atoms with Gasteiger partial charge in [0.15, 0.2) is 0 Å². The maximum absolute atomic E-state index is 11.9. The predicted octanol–water partition coefficient (Wildman–Crippen LogP) is 0.0273. The Balaban J connectivity index is 2.04. The summed E-state index contributed by atoms with van der Waals surface area (Å²) in [4.78, 5) is 30.2. The van der Waals surface area contributed by atoms with Crippen molar-refractivity contribution < 1.29 is 14.7 Å². The van der Waals surface area contributed by atoms with Crippen molar-refractivity contribution in [1.29, 1.82) is 0 Å². The van der Waals surface area contributed by atoms with E-state index in [1.807, 2.05) is 0 Å². The van der Waals surface area contributed by atoms with E-state index in [9.17, 15) is 9.59 Å². The van der Waals surface area contributed by atoms with Gasteiger partial charge in [-0.05, 0) is 13.3 Å². The molecule has 0 bridgehead atoms. The summed E-state index contributed by atoms with van der Waals surface area (Å²) in [5.74, 6) is -0.746. The summed E-state index contributed by atoms with van der Waals surface area (Å²) >= 11 is 0. The summed E-state index contributed by atoms with van der Waals surface area (Å²) in [6.45, 7) is 2.05. The maximum Gasteiger partial charge on any atom is 0.303 e. The van der Waals surface area contributed by atoms with E-state index < -0.39 is 5.97 Å². The first kappa shape index (κ1) is 12.9. The largest absolute Gasteiger partial charge is 0.481 e. The van der Waals surface area contributed by atoms with E-state index >= 15 is 0 Å². The number of nitrogens with zero attached hydrogens (tertiary/aromatic N) is 4. The van der Waals surface area contributed by atoms with Gasteiger partial charge in [-0.2, -0.15) is 10.1 Å². The van der Waals surface area contributed by atoms with Gasteiger partial charge in [-0.1, -0.05) is 0 Å². The van der Waals surface area contributed by atoms with Crippen molar-refractivity contribution in [3.8, 4) is 0 Å². The summed E-state index contributed by atoms with van der Waals surface area (Å²) in [5.41, 5.74) is 1.03. The van der Waals surface area contributed by atoms with Gasteiger partial charge in [-0.15, -0.1) is 0 Å². The van der Waals surface area contributed by atoms with E-state index in [0.29, 0.717) is 30.0 Å². The molecule has 100 valence electrons. The molecule has 0 atom stereocenters. The average molecular weight is 263 g/mol. The fourth-order valence-electron chi connectivity index (χ4n) is 1.65. The number of rotatable bonds is 5. The van der Waals surface area contributed by atoms with Crippen LogP contribution in [0.3, 0.4) is 0 Å². The summed E-state index contributed by atoms with van der Waals surface area (Å²) < 4.78 is 1.48. The van der Waals surface area contributed by atoms with E-state index in [0.717, 1.165) is 0 Å². The average Bonchev–Trinajstić information content (AvgIpc) is 2.83. The summed E-state index contributed by atoms with van der Waals surface area (Å²) in [5, 5.41) is 15.1. The van der Waals surface area contributed by atoms with Crippen molar-refractivity contribution in [3.63, 3.8) is 0 Å². The Morgan fingerprint density at radius 3 is 2.95 bits per heavy atom. The lowest BCUT2D eigenvalue weighted by Gasteiger charge is -2.07. The molecule has 0 saturated carbocycles. The number of amides is 1. The smallest absolute Gasteiger partial charge is 0.303 e. The molecule has 19 heavy (non-hydrogen) atoms. The summed E-state index contributed by atoms with van der Waals surface area (Å²) in [6, 6.07) is 0. The standard InChI is InChI=1S/C11H13N5O3/c1-7-8(5-13-11-14-6-15-16(7)11)10(19)12-4-2-3-9(17)18/h5-6H,2-4H2,1H3,(H,12,19)(H,17,18). The normalized spacial score (nSPS) is 10.6. The van der Waals surface area contributed by atoms with Crippen LogP contribution in [0.1, 0.15) is 28.9 Å². The first-order chi connectivity index (χ1) is 9.09. The van der Waals surface area contributed by atoms with Crippen molar-refractivity contribution in [2.75, 3.05) is 6.54 Å². The van der Waals surface area contributed by atoms with Crippen LogP contribution in [0.25, 0.3) is 5.78 Å². The van der Waals surface area contributed by atoms with E-state index in [1.54, 1.807) is 6.92 Å². The van der Waals surface area contributed by atoms with E-state index in [1.165, 1.54) is 17.0 Å². The lowest BCUT2D eigenvalue weighted by Crippen LogP contribution is -2.26. The Kier molecular flexibility index (Phi) is 3.69. The van der Waals surface area contributed by atoms with Gasteiger partial charge in [-0.25, -0.2) is 9.50 Å². The minimum atomic E-state index is -0.879. The zero-order chi connectivity index (χ0) is 13.8. The fourth-order valence-corrected chi connectivity index (χ4v) is 1.65. The Bertz CT molecular complexity index is 622. The Morgan fingerprint density at radius 2 is 2.21 bits per heavy atom. The number of aromatic nitrogens is 4. The van der Waals surface area contributed by atoms with Gasteiger partial charge in [0.1, 0.15) is 6.33 Å². The van der Waals surface area contributed by atoms with E-state index in [2.05, 4.69) is 20.4 Å². The minimum absolute atomic E-state index is 0.0274. The van der Waals surface area contributed by atoms with Crippen LogP contribution in [0.2, 0.25) is 0 Å². The Labute approximate surface area is 108 Å². The molecule has 2 aromatic rings. The van der Waals surface area contributed by atoms with E-state index in [-0.39, 0.29) is 12.3 Å². The van der Waals surface area contributed by atoms with Crippen molar-refractivity contribution >= 4 is 17.7 Å². The first-order valence-electron chi connectivity index (χ1n) is 5.75. The quantitative estimate of drug-likeness (QED) is 0.736. The number of carbonyl (C=O) groups is 2. The lowest BCUT2D eigenvalue weighted by atomic mass is 10.2. The van der Waals surface area contributed by atoms with Gasteiger partial charge in [0.25, 0.3) is 11.7 Å².